The Morgan fingerprint density at radius 2 is 1.44 bits per heavy atom. The molecular weight excluding hydrogens is 636 g/mol. The lowest BCUT2D eigenvalue weighted by Crippen LogP contribution is -2.53. The highest BCUT2D eigenvalue weighted by atomic mass is 35.5. The van der Waals surface area contributed by atoms with Crippen LogP contribution >= 0.6 is 34.8 Å². The molecule has 0 aliphatic carbocycles. The molecule has 224 valence electrons. The molecular formula is C31H27Cl3FN3O4S. The first kappa shape index (κ1) is 32.3. The minimum Gasteiger partial charge on any atom is -0.357 e. The number of hydrogen-bond donors (Lipinski definition) is 1. The molecule has 0 aliphatic heterocycles. The number of amides is 2. The number of nitrogens with zero attached hydrogens (tertiary/aromatic N) is 2. The van der Waals surface area contributed by atoms with Crippen LogP contribution in [-0.4, -0.2) is 44.8 Å². The van der Waals surface area contributed by atoms with Gasteiger partial charge < -0.3 is 10.2 Å². The van der Waals surface area contributed by atoms with E-state index in [1.165, 1.54) is 42.3 Å². The topological polar surface area (TPSA) is 86.8 Å². The first-order chi connectivity index (χ1) is 20.5. The third-order valence-electron chi connectivity index (χ3n) is 6.71. The summed E-state index contributed by atoms with van der Waals surface area (Å²) in [5.41, 5.74) is 1.10. The Balaban J connectivity index is 1.83. The molecule has 0 saturated heterocycles. The normalized spacial score (nSPS) is 11.9. The lowest BCUT2D eigenvalue weighted by molar-refractivity contribution is -0.139. The van der Waals surface area contributed by atoms with Gasteiger partial charge in [0.1, 0.15) is 18.4 Å². The van der Waals surface area contributed by atoms with Crippen LogP contribution in [0, 0.1) is 5.82 Å². The van der Waals surface area contributed by atoms with Crippen molar-refractivity contribution in [1.82, 2.24) is 10.2 Å². The Bertz CT molecular complexity index is 1690. The quantitative estimate of drug-likeness (QED) is 0.202. The molecule has 0 fully saturated rings. The van der Waals surface area contributed by atoms with Crippen molar-refractivity contribution in [2.75, 3.05) is 17.9 Å². The number of anilines is 1. The molecule has 0 aromatic heterocycles. The van der Waals surface area contributed by atoms with E-state index in [1.807, 2.05) is 18.2 Å². The summed E-state index contributed by atoms with van der Waals surface area (Å²) in [5, 5.41) is 2.80. The van der Waals surface area contributed by atoms with E-state index in [0.29, 0.717) is 5.56 Å². The summed E-state index contributed by atoms with van der Waals surface area (Å²) in [7, 11) is -2.92. The maximum atomic E-state index is 14.3. The number of halogens is 4. The number of likely N-dealkylation sites (N-methyl/N-ethyl adjacent to an activating group) is 1. The predicted octanol–water partition coefficient (Wildman–Crippen LogP) is 6.37. The van der Waals surface area contributed by atoms with Crippen molar-refractivity contribution >= 4 is 62.3 Å². The summed E-state index contributed by atoms with van der Waals surface area (Å²) in [6.07, 6.45) is 0.113. The maximum Gasteiger partial charge on any atom is 0.264 e. The van der Waals surface area contributed by atoms with Crippen LogP contribution in [0.2, 0.25) is 15.1 Å². The molecule has 0 bridgehead atoms. The molecule has 0 heterocycles. The van der Waals surface area contributed by atoms with Crippen LogP contribution in [0.4, 0.5) is 10.1 Å². The van der Waals surface area contributed by atoms with Crippen LogP contribution < -0.4 is 9.62 Å². The summed E-state index contributed by atoms with van der Waals surface area (Å²) in [4.78, 5) is 28.7. The first-order valence-corrected chi connectivity index (χ1v) is 15.6. The summed E-state index contributed by atoms with van der Waals surface area (Å²) >= 11 is 18.9. The SMILES string of the molecule is CNC(=O)[C@@H](Cc1ccccc1)N(Cc1c(Cl)cccc1Cl)C(=O)CN(c1ccc(F)c(Cl)c1)S(=O)(=O)c1ccccc1. The van der Waals surface area contributed by atoms with Crippen molar-refractivity contribution in [3.63, 3.8) is 0 Å². The molecule has 1 atom stereocenters. The summed E-state index contributed by atoms with van der Waals surface area (Å²) < 4.78 is 42.7. The largest absolute Gasteiger partial charge is 0.357 e. The average Bonchev–Trinajstić information content (AvgIpc) is 3.00. The molecule has 12 heteroatoms. The van der Waals surface area contributed by atoms with Crippen LogP contribution in [0.15, 0.2) is 102 Å². The molecule has 0 aliphatic rings. The highest BCUT2D eigenvalue weighted by Crippen LogP contribution is 2.30. The fourth-order valence-corrected chi connectivity index (χ4v) is 6.58. The number of hydrogen-bond acceptors (Lipinski definition) is 4. The molecule has 4 aromatic rings. The van der Waals surface area contributed by atoms with Crippen molar-refractivity contribution in [2.24, 2.45) is 0 Å². The van der Waals surface area contributed by atoms with E-state index in [4.69, 9.17) is 34.8 Å². The van der Waals surface area contributed by atoms with Gasteiger partial charge in [0.2, 0.25) is 11.8 Å². The summed E-state index contributed by atoms with van der Waals surface area (Å²) in [5.74, 6) is -1.98. The van der Waals surface area contributed by atoms with Crippen molar-refractivity contribution in [1.29, 1.82) is 0 Å². The number of sulfonamides is 1. The Morgan fingerprint density at radius 3 is 2.02 bits per heavy atom. The molecule has 4 aromatic carbocycles. The van der Waals surface area contributed by atoms with E-state index in [0.717, 1.165) is 22.0 Å². The zero-order valence-corrected chi connectivity index (χ0v) is 26.0. The van der Waals surface area contributed by atoms with Gasteiger partial charge in [-0.05, 0) is 48.0 Å². The van der Waals surface area contributed by atoms with Crippen LogP contribution in [0.25, 0.3) is 0 Å². The van der Waals surface area contributed by atoms with Gasteiger partial charge in [-0.25, -0.2) is 12.8 Å². The van der Waals surface area contributed by atoms with Gasteiger partial charge in [0.15, 0.2) is 0 Å². The Morgan fingerprint density at radius 1 is 0.837 bits per heavy atom. The summed E-state index contributed by atoms with van der Waals surface area (Å²) in [6.45, 7) is -0.949. The monoisotopic (exact) mass is 661 g/mol. The van der Waals surface area contributed by atoms with Crippen molar-refractivity contribution < 1.29 is 22.4 Å². The smallest absolute Gasteiger partial charge is 0.264 e. The Labute approximate surface area is 264 Å². The minimum atomic E-state index is -4.36. The third kappa shape index (κ3) is 7.67. The van der Waals surface area contributed by atoms with Gasteiger partial charge in [-0.3, -0.25) is 13.9 Å². The van der Waals surface area contributed by atoms with E-state index in [9.17, 15) is 22.4 Å². The van der Waals surface area contributed by atoms with E-state index >= 15 is 0 Å². The Kier molecular flexibility index (Phi) is 10.7. The molecule has 0 radical (unpaired) electrons. The van der Waals surface area contributed by atoms with Crippen LogP contribution in [0.1, 0.15) is 11.1 Å². The first-order valence-electron chi connectivity index (χ1n) is 13.0. The molecule has 0 saturated carbocycles. The lowest BCUT2D eigenvalue weighted by Gasteiger charge is -2.34. The predicted molar refractivity (Wildman–Crippen MR) is 167 cm³/mol. The summed E-state index contributed by atoms with van der Waals surface area (Å²) in [6, 6.07) is 23.7. The van der Waals surface area contributed by atoms with Crippen LogP contribution in [0.5, 0.6) is 0 Å². The second kappa shape index (κ2) is 14.2. The highest BCUT2D eigenvalue weighted by Gasteiger charge is 2.35. The van der Waals surface area contributed by atoms with Gasteiger partial charge in [0.05, 0.1) is 15.6 Å². The second-order valence-corrected chi connectivity index (χ2v) is 12.5. The van der Waals surface area contributed by atoms with Crippen molar-refractivity contribution in [3.05, 3.63) is 129 Å². The number of rotatable bonds is 11. The van der Waals surface area contributed by atoms with Crippen LogP contribution in [0.3, 0.4) is 0 Å². The fourth-order valence-electron chi connectivity index (χ4n) is 4.46. The van der Waals surface area contributed by atoms with Crippen molar-refractivity contribution in [2.45, 2.75) is 23.9 Å². The number of carbonyl (C=O) groups is 2. The lowest BCUT2D eigenvalue weighted by atomic mass is 10.0. The highest BCUT2D eigenvalue weighted by molar-refractivity contribution is 7.92. The minimum absolute atomic E-state index is 0.0427. The van der Waals surface area contributed by atoms with Crippen molar-refractivity contribution in [3.8, 4) is 0 Å². The zero-order valence-electron chi connectivity index (χ0n) is 22.9. The van der Waals surface area contributed by atoms with E-state index in [1.54, 1.807) is 36.4 Å². The average molecular weight is 663 g/mol. The van der Waals surface area contributed by atoms with Gasteiger partial charge in [0.25, 0.3) is 10.0 Å². The third-order valence-corrected chi connectivity index (χ3v) is 9.49. The number of carbonyl (C=O) groups excluding carboxylic acids is 2. The van der Waals surface area contributed by atoms with Gasteiger partial charge in [-0.15, -0.1) is 0 Å². The fraction of sp³-hybridized carbons (Fsp3) is 0.161. The van der Waals surface area contributed by atoms with Gasteiger partial charge in [-0.2, -0.15) is 0 Å². The molecule has 43 heavy (non-hydrogen) atoms. The molecule has 0 unspecified atom stereocenters. The van der Waals surface area contributed by atoms with E-state index in [2.05, 4.69) is 5.32 Å². The van der Waals surface area contributed by atoms with Gasteiger partial charge >= 0.3 is 0 Å². The second-order valence-electron chi connectivity index (χ2n) is 9.46. The number of benzene rings is 4. The standard InChI is InChI=1S/C31H27Cl3FN3O4S/c1-36-31(40)29(17-21-9-4-2-5-10-21)37(19-24-25(32)13-8-14-26(24)33)30(39)20-38(22-15-16-28(35)27(34)18-22)43(41,42)23-11-6-3-7-12-23/h2-16,18,29H,17,19-20H2,1H3,(H,36,40)/t29-/m1/s1. The molecule has 7 nitrogen and oxygen atoms in total. The Hall–Kier alpha value is -3.63. The van der Waals surface area contributed by atoms with Gasteiger partial charge in [0, 0.05) is 35.6 Å². The number of nitrogens with one attached hydrogen (secondary N) is 1. The van der Waals surface area contributed by atoms with Gasteiger partial charge in [-0.1, -0.05) is 89.4 Å². The van der Waals surface area contributed by atoms with Crippen LogP contribution in [-0.2, 0) is 32.6 Å². The molecule has 0 spiro atoms. The molecule has 1 N–H and O–H groups in total. The molecule has 4 rings (SSSR count). The maximum absolute atomic E-state index is 14.3. The molecule has 2 amide bonds. The zero-order chi connectivity index (χ0) is 31.1. The van der Waals surface area contributed by atoms with E-state index < -0.39 is 40.2 Å². The van der Waals surface area contributed by atoms with E-state index in [-0.39, 0.29) is 38.6 Å².